The van der Waals surface area contributed by atoms with Crippen LogP contribution in [0.5, 0.6) is 23.0 Å². The molecule has 10 heteroatoms. The van der Waals surface area contributed by atoms with Gasteiger partial charge in [-0.3, -0.25) is 0 Å². The molecule has 0 bridgehead atoms. The Labute approximate surface area is 447 Å². The summed E-state index contributed by atoms with van der Waals surface area (Å²) in [6.45, 7) is 34.0. The minimum atomic E-state index is -0.175. The Morgan fingerprint density at radius 3 is 1.04 bits per heavy atom. The van der Waals surface area contributed by atoms with E-state index in [1.54, 1.807) is 24.3 Å². The number of aliphatic hydroxyl groups is 2. The molecule has 4 N–H and O–H groups in total. The van der Waals surface area contributed by atoms with Crippen LogP contribution in [0.1, 0.15) is 182 Å². The topological polar surface area (TPSA) is 143 Å². The highest BCUT2D eigenvalue weighted by Gasteiger charge is 2.62. The molecule has 0 amide bonds. The maximum atomic E-state index is 10.0. The van der Waals surface area contributed by atoms with Crippen molar-refractivity contribution in [3.05, 3.63) is 69.8 Å². The number of hydrogen-bond donors (Lipinski definition) is 4. The summed E-state index contributed by atoms with van der Waals surface area (Å²) in [5, 5.41) is 39.5. The molecule has 16 unspecified atom stereocenters. The molecule has 0 radical (unpaired) electrons. The summed E-state index contributed by atoms with van der Waals surface area (Å²) in [4.78, 5) is 0. The second kappa shape index (κ2) is 24.4. The second-order valence-electron chi connectivity index (χ2n) is 26.3. The molecular formula is C64H100O10. The molecule has 8 aliphatic rings. The number of benzene rings is 2. The van der Waals surface area contributed by atoms with E-state index in [-0.39, 0.29) is 35.6 Å². The van der Waals surface area contributed by atoms with Crippen LogP contribution in [0.2, 0.25) is 0 Å². The molecule has 74 heavy (non-hydrogen) atoms. The standard InChI is InChI=1S/C16H26O3.C16H30O3.C16H18O3.C16H26O/c1-9-5-11(7-15(3)13(9)18-15)17-12-6-10(2)14-16(4,8-12)19-14;2*1-9-5-13(6-10(2)15(9)17)19-14-7-11(3)16(18)12(4)8-14;1-11-5-12(2)8-15(7-11)17-16-9-13(3)6-14(4)10-16/h9-14H,5-8H2,1-4H3;9-18H,5-8H2,1-4H3;5-8,17-18H,1-4H3;5-6,11,13,15-16H,7-10H2,1-4H3. The second-order valence-corrected chi connectivity index (χ2v) is 26.3. The number of aliphatic hydroxyl groups excluding tert-OH is 2. The summed E-state index contributed by atoms with van der Waals surface area (Å²) in [6, 6.07) is 7.17. The van der Waals surface area contributed by atoms with Crippen LogP contribution in [-0.4, -0.2) is 92.7 Å². The summed E-state index contributed by atoms with van der Waals surface area (Å²) >= 11 is 0. The number of phenols is 2. The molecule has 2 aliphatic heterocycles. The van der Waals surface area contributed by atoms with E-state index in [9.17, 15) is 20.4 Å². The smallest absolute Gasteiger partial charge is 0.128 e. The van der Waals surface area contributed by atoms with Gasteiger partial charge in [0.25, 0.3) is 0 Å². The molecule has 10 nitrogen and oxygen atoms in total. The highest BCUT2D eigenvalue weighted by Crippen LogP contribution is 2.54. The quantitative estimate of drug-likeness (QED) is 0.149. The van der Waals surface area contributed by atoms with Gasteiger partial charge in [-0.1, -0.05) is 78.7 Å². The van der Waals surface area contributed by atoms with E-state index in [0.717, 1.165) is 86.5 Å². The third-order valence-electron chi connectivity index (χ3n) is 18.1. The zero-order chi connectivity index (χ0) is 54.1. The molecule has 4 saturated carbocycles. The Bertz CT molecular complexity index is 2030. The molecule has 6 aliphatic carbocycles. The average Bonchev–Trinajstić information content (AvgIpc) is 4.19. The minimum Gasteiger partial charge on any atom is -0.507 e. The van der Waals surface area contributed by atoms with Crippen molar-refractivity contribution in [2.75, 3.05) is 0 Å². The lowest BCUT2D eigenvalue weighted by atomic mass is 9.77. The maximum Gasteiger partial charge on any atom is 0.128 e. The molecule has 16 atom stereocenters. The number of phenolic OH excluding ortho intramolecular Hbond substituents is 2. The number of rotatable bonds is 8. The van der Waals surface area contributed by atoms with Crippen LogP contribution in [-0.2, 0) is 23.7 Å². The number of fused-ring (bicyclic) bond motifs is 2. The zero-order valence-electron chi connectivity index (χ0n) is 48.6. The average molecular weight is 1030 g/mol. The number of ether oxygens (including phenoxy) is 6. The number of hydrogen-bond acceptors (Lipinski definition) is 10. The van der Waals surface area contributed by atoms with E-state index in [2.05, 4.69) is 95.2 Å². The van der Waals surface area contributed by atoms with Gasteiger partial charge in [-0.2, -0.15) is 0 Å². The molecule has 0 aromatic heterocycles. The van der Waals surface area contributed by atoms with Gasteiger partial charge in [0.15, 0.2) is 0 Å². The van der Waals surface area contributed by atoms with Crippen LogP contribution in [0.4, 0.5) is 0 Å². The fourth-order valence-electron chi connectivity index (χ4n) is 14.5. The Kier molecular flexibility index (Phi) is 19.3. The Balaban J connectivity index is 0.000000144. The van der Waals surface area contributed by atoms with Crippen molar-refractivity contribution in [2.24, 2.45) is 47.3 Å². The first kappa shape index (κ1) is 58.7. The van der Waals surface area contributed by atoms with Gasteiger partial charge < -0.3 is 48.8 Å². The zero-order valence-corrected chi connectivity index (χ0v) is 48.6. The van der Waals surface area contributed by atoms with Gasteiger partial charge in [0, 0.05) is 12.8 Å². The number of allylic oxidation sites excluding steroid dienone is 2. The van der Waals surface area contributed by atoms with Crippen LogP contribution in [0.25, 0.3) is 0 Å². The van der Waals surface area contributed by atoms with Crippen molar-refractivity contribution in [3.63, 3.8) is 0 Å². The third-order valence-corrected chi connectivity index (χ3v) is 18.1. The van der Waals surface area contributed by atoms with Crippen LogP contribution in [0.3, 0.4) is 0 Å². The van der Waals surface area contributed by atoms with Crippen molar-refractivity contribution in [1.82, 2.24) is 0 Å². The normalized spacial score (nSPS) is 41.2. The van der Waals surface area contributed by atoms with Gasteiger partial charge in [0.05, 0.1) is 72.2 Å². The van der Waals surface area contributed by atoms with E-state index in [1.165, 1.54) is 24.0 Å². The highest BCUT2D eigenvalue weighted by atomic mass is 16.6. The van der Waals surface area contributed by atoms with Crippen molar-refractivity contribution in [3.8, 4) is 23.0 Å². The van der Waals surface area contributed by atoms with Crippen LogP contribution < -0.4 is 4.74 Å². The Morgan fingerprint density at radius 1 is 0.432 bits per heavy atom. The molecular weight excluding hydrogens is 929 g/mol. The van der Waals surface area contributed by atoms with E-state index in [1.807, 2.05) is 27.7 Å². The summed E-state index contributed by atoms with van der Waals surface area (Å²) in [5.74, 6) is 5.94. The molecule has 2 aromatic carbocycles. The lowest BCUT2D eigenvalue weighted by Gasteiger charge is -2.41. The van der Waals surface area contributed by atoms with E-state index in [0.29, 0.717) is 107 Å². The molecule has 2 saturated heterocycles. The Morgan fingerprint density at radius 2 is 0.730 bits per heavy atom. The Hall–Kier alpha value is -2.96. The molecule has 416 valence electrons. The van der Waals surface area contributed by atoms with Crippen molar-refractivity contribution in [2.45, 2.75) is 260 Å². The van der Waals surface area contributed by atoms with E-state index in [4.69, 9.17) is 28.4 Å². The molecule has 2 heterocycles. The SMILES string of the molecule is CC1=CC(C)CC(OC2CC(C)=CC(C)C2)C1.CC1CC(OC2CC(C)C(O)C(C)C2)CC(C)C1O.CC1CC(OC2CC(C)C3OC3(C)C2)CC2(C)OC12.Cc1cc(Oc2cc(C)c(O)c(C)c2)cc(C)c1O. The van der Waals surface area contributed by atoms with Gasteiger partial charge in [0.2, 0.25) is 0 Å². The summed E-state index contributed by atoms with van der Waals surface area (Å²) in [7, 11) is 0. The van der Waals surface area contributed by atoms with Crippen LogP contribution in [0.15, 0.2) is 47.6 Å². The summed E-state index contributed by atoms with van der Waals surface area (Å²) < 4.78 is 36.6. The van der Waals surface area contributed by atoms with E-state index >= 15 is 0 Å². The van der Waals surface area contributed by atoms with Gasteiger partial charge in [-0.15, -0.1) is 0 Å². The first-order valence-electron chi connectivity index (χ1n) is 29.0. The summed E-state index contributed by atoms with van der Waals surface area (Å²) in [6.07, 6.45) is 20.7. The lowest BCUT2D eigenvalue weighted by Crippen LogP contribution is -2.43. The van der Waals surface area contributed by atoms with Crippen molar-refractivity contribution < 1.29 is 48.8 Å². The number of aryl methyl sites for hydroxylation is 4. The predicted molar refractivity (Wildman–Crippen MR) is 296 cm³/mol. The highest BCUT2D eigenvalue weighted by molar-refractivity contribution is 5.49. The monoisotopic (exact) mass is 1030 g/mol. The predicted octanol–water partition coefficient (Wildman–Crippen LogP) is 14.1. The third kappa shape index (κ3) is 15.2. The van der Waals surface area contributed by atoms with Gasteiger partial charge >= 0.3 is 0 Å². The lowest BCUT2D eigenvalue weighted by molar-refractivity contribution is -0.119. The number of aromatic hydroxyl groups is 2. The van der Waals surface area contributed by atoms with Gasteiger partial charge in [0.1, 0.15) is 23.0 Å². The fourth-order valence-corrected chi connectivity index (χ4v) is 14.5. The van der Waals surface area contributed by atoms with Crippen LogP contribution >= 0.6 is 0 Å². The first-order chi connectivity index (χ1) is 34.7. The van der Waals surface area contributed by atoms with E-state index < -0.39 is 0 Å². The largest absolute Gasteiger partial charge is 0.507 e. The van der Waals surface area contributed by atoms with Crippen LogP contribution in [0, 0.1) is 75.0 Å². The number of epoxide rings is 2. The molecule has 2 aromatic rings. The fraction of sp³-hybridized carbons (Fsp3) is 0.750. The van der Waals surface area contributed by atoms with Crippen molar-refractivity contribution in [1.29, 1.82) is 0 Å². The molecule has 0 spiro atoms. The summed E-state index contributed by atoms with van der Waals surface area (Å²) in [5.41, 5.74) is 6.36. The molecule has 6 fully saturated rings. The minimum absolute atomic E-state index is 0.116. The van der Waals surface area contributed by atoms with Crippen molar-refractivity contribution >= 4 is 0 Å². The maximum absolute atomic E-state index is 10.0. The molecule has 10 rings (SSSR count). The first-order valence-corrected chi connectivity index (χ1v) is 29.0. The van der Waals surface area contributed by atoms with Gasteiger partial charge in [-0.25, -0.2) is 0 Å². The van der Waals surface area contributed by atoms with Gasteiger partial charge in [-0.05, 0) is 213 Å².